The molecule has 0 unspecified atom stereocenters. The molecule has 0 aromatic carbocycles. The van der Waals surface area contributed by atoms with Crippen LogP contribution >= 0.6 is 0 Å². The van der Waals surface area contributed by atoms with Gasteiger partial charge < -0.3 is 14.2 Å². The summed E-state index contributed by atoms with van der Waals surface area (Å²) in [5.74, 6) is 1.17. The number of aryl methyl sites for hydroxylation is 2. The number of aromatic nitrogens is 3. The monoisotopic (exact) mass is 342 g/mol. The summed E-state index contributed by atoms with van der Waals surface area (Å²) in [5.41, 5.74) is 3.37. The number of nitrogens with zero attached hydrogens (tertiary/aromatic N) is 6. The minimum atomic E-state index is 0.356. The lowest BCUT2D eigenvalue weighted by Gasteiger charge is -2.36. The van der Waals surface area contributed by atoms with Crippen molar-refractivity contribution in [2.24, 2.45) is 0 Å². The molecule has 0 aliphatic carbocycles. The van der Waals surface area contributed by atoms with Gasteiger partial charge in [0, 0.05) is 39.0 Å². The molecule has 0 saturated carbocycles. The highest BCUT2D eigenvalue weighted by Gasteiger charge is 2.22. The molecule has 1 fully saturated rings. The minimum Gasteiger partial charge on any atom is -0.377 e. The first-order valence-corrected chi connectivity index (χ1v) is 8.26. The second-order valence-corrected chi connectivity index (χ2v) is 6.16. The summed E-state index contributed by atoms with van der Waals surface area (Å²) in [6.07, 6.45) is 0. The van der Waals surface area contributed by atoms with E-state index in [0.717, 1.165) is 43.3 Å². The van der Waals surface area contributed by atoms with E-state index in [4.69, 9.17) is 9.26 Å². The van der Waals surface area contributed by atoms with Gasteiger partial charge in [-0.15, -0.1) is 0 Å². The molecule has 132 valence electrons. The van der Waals surface area contributed by atoms with Crippen molar-refractivity contribution in [3.63, 3.8) is 0 Å². The third kappa shape index (κ3) is 3.95. The van der Waals surface area contributed by atoms with E-state index >= 15 is 0 Å². The van der Waals surface area contributed by atoms with Crippen molar-refractivity contribution in [1.82, 2.24) is 20.0 Å². The van der Waals surface area contributed by atoms with Gasteiger partial charge in [-0.05, 0) is 19.9 Å². The Morgan fingerprint density at radius 1 is 1.24 bits per heavy atom. The second kappa shape index (κ2) is 7.59. The average molecular weight is 342 g/mol. The zero-order chi connectivity index (χ0) is 17.8. The molecule has 25 heavy (non-hydrogen) atoms. The summed E-state index contributed by atoms with van der Waals surface area (Å²) in [5, 5.41) is 13.3. The zero-order valence-electron chi connectivity index (χ0n) is 14.8. The fraction of sp³-hybridized carbons (Fsp3) is 0.529. The Balaban J connectivity index is 1.63. The van der Waals surface area contributed by atoms with E-state index in [1.54, 1.807) is 7.11 Å². The van der Waals surface area contributed by atoms with Crippen molar-refractivity contribution in [3.05, 3.63) is 34.7 Å². The van der Waals surface area contributed by atoms with E-state index < -0.39 is 0 Å². The number of methoxy groups -OCH3 is 1. The van der Waals surface area contributed by atoms with Crippen LogP contribution in [0.4, 0.5) is 5.69 Å². The number of pyridine rings is 1. The van der Waals surface area contributed by atoms with Crippen molar-refractivity contribution in [3.8, 4) is 6.07 Å². The van der Waals surface area contributed by atoms with Crippen LogP contribution in [0.3, 0.4) is 0 Å². The van der Waals surface area contributed by atoms with Gasteiger partial charge in [0.15, 0.2) is 5.82 Å². The number of rotatable bonds is 5. The lowest BCUT2D eigenvalue weighted by atomic mass is 10.1. The standard InChI is InChI=1S/C17H22N6O2/c1-12-8-15(14(9-18)13(2)19-12)23-6-4-22(5-7-23)10-17-20-16(11-24-3)21-25-17/h8H,4-7,10-11H2,1-3H3. The highest BCUT2D eigenvalue weighted by Crippen LogP contribution is 2.24. The highest BCUT2D eigenvalue weighted by atomic mass is 16.5. The van der Waals surface area contributed by atoms with Gasteiger partial charge >= 0.3 is 0 Å². The number of hydrogen-bond donors (Lipinski definition) is 0. The molecule has 0 amide bonds. The Hall–Kier alpha value is -2.50. The van der Waals surface area contributed by atoms with Crippen molar-refractivity contribution in [2.45, 2.75) is 27.0 Å². The number of ether oxygens (including phenoxy) is 1. The molecule has 0 N–H and O–H groups in total. The van der Waals surface area contributed by atoms with Crippen LogP contribution in [-0.4, -0.2) is 53.3 Å². The maximum Gasteiger partial charge on any atom is 0.240 e. The first kappa shape index (κ1) is 17.3. The van der Waals surface area contributed by atoms with Crippen molar-refractivity contribution < 1.29 is 9.26 Å². The fourth-order valence-corrected chi connectivity index (χ4v) is 3.08. The second-order valence-electron chi connectivity index (χ2n) is 6.16. The van der Waals surface area contributed by atoms with E-state index in [9.17, 15) is 5.26 Å². The Kier molecular flexibility index (Phi) is 5.26. The van der Waals surface area contributed by atoms with Crippen LogP contribution < -0.4 is 4.90 Å². The smallest absolute Gasteiger partial charge is 0.240 e. The molecule has 0 bridgehead atoms. The molecule has 2 aromatic rings. The molecule has 8 nitrogen and oxygen atoms in total. The van der Waals surface area contributed by atoms with Crippen LogP contribution in [0.1, 0.15) is 28.7 Å². The first-order valence-electron chi connectivity index (χ1n) is 8.26. The molecular weight excluding hydrogens is 320 g/mol. The molecule has 0 spiro atoms. The van der Waals surface area contributed by atoms with E-state index in [0.29, 0.717) is 30.4 Å². The number of hydrogen-bond acceptors (Lipinski definition) is 8. The molecule has 8 heteroatoms. The predicted octanol–water partition coefficient (Wildman–Crippen LogP) is 1.42. The van der Waals surface area contributed by atoms with Gasteiger partial charge in [-0.3, -0.25) is 9.88 Å². The lowest BCUT2D eigenvalue weighted by molar-refractivity contribution is 0.174. The Labute approximate surface area is 147 Å². The molecule has 1 aliphatic rings. The molecule has 2 aromatic heterocycles. The Morgan fingerprint density at radius 2 is 2.00 bits per heavy atom. The van der Waals surface area contributed by atoms with E-state index in [1.165, 1.54) is 0 Å². The predicted molar refractivity (Wildman–Crippen MR) is 90.9 cm³/mol. The van der Waals surface area contributed by atoms with Gasteiger partial charge in [0.2, 0.25) is 5.89 Å². The van der Waals surface area contributed by atoms with Gasteiger partial charge in [0.05, 0.1) is 23.5 Å². The average Bonchev–Trinajstić information content (AvgIpc) is 3.02. The van der Waals surface area contributed by atoms with Crippen LogP contribution in [0.15, 0.2) is 10.6 Å². The summed E-state index contributed by atoms with van der Waals surface area (Å²) in [4.78, 5) is 13.2. The van der Waals surface area contributed by atoms with Crippen LogP contribution in [0, 0.1) is 25.2 Å². The van der Waals surface area contributed by atoms with Gasteiger partial charge in [-0.1, -0.05) is 5.16 Å². The van der Waals surface area contributed by atoms with Gasteiger partial charge in [-0.25, -0.2) is 0 Å². The summed E-state index contributed by atoms with van der Waals surface area (Å²) in [7, 11) is 1.60. The van der Waals surface area contributed by atoms with Gasteiger partial charge in [0.1, 0.15) is 12.7 Å². The SMILES string of the molecule is COCc1noc(CN2CCN(c3cc(C)nc(C)c3C#N)CC2)n1. The summed E-state index contributed by atoms with van der Waals surface area (Å²) in [6.45, 7) is 8.26. The van der Waals surface area contributed by atoms with Gasteiger partial charge in [0.25, 0.3) is 0 Å². The maximum absolute atomic E-state index is 9.45. The maximum atomic E-state index is 9.45. The Bertz CT molecular complexity index is 774. The molecular formula is C17H22N6O2. The highest BCUT2D eigenvalue weighted by molar-refractivity contribution is 5.61. The summed E-state index contributed by atoms with van der Waals surface area (Å²) < 4.78 is 10.3. The molecule has 0 radical (unpaired) electrons. The van der Waals surface area contributed by atoms with Crippen LogP contribution in [0.25, 0.3) is 0 Å². The summed E-state index contributed by atoms with van der Waals surface area (Å²) in [6, 6.07) is 4.29. The molecule has 3 heterocycles. The number of anilines is 1. The zero-order valence-corrected chi connectivity index (χ0v) is 14.8. The summed E-state index contributed by atoms with van der Waals surface area (Å²) >= 11 is 0. The third-order valence-corrected chi connectivity index (χ3v) is 4.27. The fourth-order valence-electron chi connectivity index (χ4n) is 3.08. The largest absolute Gasteiger partial charge is 0.377 e. The van der Waals surface area contributed by atoms with Crippen LogP contribution in [0.5, 0.6) is 0 Å². The molecule has 3 rings (SSSR count). The van der Waals surface area contributed by atoms with Crippen molar-refractivity contribution in [1.29, 1.82) is 5.26 Å². The normalized spacial score (nSPS) is 15.4. The number of nitriles is 1. The van der Waals surface area contributed by atoms with Crippen molar-refractivity contribution >= 4 is 5.69 Å². The first-order chi connectivity index (χ1) is 12.1. The quantitative estimate of drug-likeness (QED) is 0.806. The van der Waals surface area contributed by atoms with Crippen LogP contribution in [-0.2, 0) is 17.9 Å². The molecule has 1 aliphatic heterocycles. The topological polar surface area (TPSA) is 91.3 Å². The van der Waals surface area contributed by atoms with E-state index in [1.807, 2.05) is 19.9 Å². The molecule has 1 saturated heterocycles. The molecule has 0 atom stereocenters. The third-order valence-electron chi connectivity index (χ3n) is 4.27. The van der Waals surface area contributed by atoms with E-state index in [-0.39, 0.29) is 0 Å². The van der Waals surface area contributed by atoms with E-state index in [2.05, 4.69) is 31.0 Å². The van der Waals surface area contributed by atoms with Gasteiger partial charge in [-0.2, -0.15) is 10.2 Å². The van der Waals surface area contributed by atoms with Crippen molar-refractivity contribution in [2.75, 3.05) is 38.2 Å². The van der Waals surface area contributed by atoms with Crippen LogP contribution in [0.2, 0.25) is 0 Å². The number of piperazine rings is 1. The Morgan fingerprint density at radius 3 is 2.68 bits per heavy atom. The minimum absolute atomic E-state index is 0.356. The lowest BCUT2D eigenvalue weighted by Crippen LogP contribution is -2.46.